The van der Waals surface area contributed by atoms with Crippen LogP contribution >= 0.6 is 39.0 Å². The van der Waals surface area contributed by atoms with Gasteiger partial charge >= 0.3 is 0 Å². The van der Waals surface area contributed by atoms with E-state index in [4.69, 9.17) is 5.26 Å². The smallest absolute Gasteiger partial charge is 0.262 e. The van der Waals surface area contributed by atoms with Gasteiger partial charge < -0.3 is 5.32 Å². The van der Waals surface area contributed by atoms with Crippen molar-refractivity contribution in [3.05, 3.63) is 50.0 Å². The van der Waals surface area contributed by atoms with E-state index in [9.17, 15) is 9.59 Å². The molecule has 0 unspecified atom stereocenters. The fraction of sp³-hybridized carbons (Fsp3) is 0.300. The lowest BCUT2D eigenvalue weighted by Crippen LogP contribution is -2.24. The molecule has 3 rings (SSSR count). The number of hydrogen-bond donors (Lipinski definition) is 1. The zero-order chi connectivity index (χ0) is 20.8. The number of thiophene rings is 1. The summed E-state index contributed by atoms with van der Waals surface area (Å²) in [6.07, 6.45) is 2.94. The van der Waals surface area contributed by atoms with Gasteiger partial charge in [0.05, 0.1) is 22.2 Å². The van der Waals surface area contributed by atoms with Gasteiger partial charge in [0, 0.05) is 11.0 Å². The summed E-state index contributed by atoms with van der Waals surface area (Å²) in [5, 5.41) is 15.2. The summed E-state index contributed by atoms with van der Waals surface area (Å²) >= 11 is 5.95. The third kappa shape index (κ3) is 5.26. The molecule has 0 aliphatic heterocycles. The number of anilines is 1. The van der Waals surface area contributed by atoms with Crippen LogP contribution in [-0.2, 0) is 11.3 Å². The molecule has 6 nitrogen and oxygen atoms in total. The third-order valence-electron chi connectivity index (χ3n) is 4.24. The predicted molar refractivity (Wildman–Crippen MR) is 122 cm³/mol. The van der Waals surface area contributed by atoms with Crippen LogP contribution in [0.3, 0.4) is 0 Å². The molecule has 0 aliphatic carbocycles. The molecule has 1 aromatic carbocycles. The Morgan fingerprint density at radius 2 is 2.21 bits per heavy atom. The number of thioether (sulfide) groups is 1. The van der Waals surface area contributed by atoms with Gasteiger partial charge in [-0.25, -0.2) is 4.98 Å². The molecule has 0 spiro atoms. The van der Waals surface area contributed by atoms with E-state index in [1.54, 1.807) is 28.1 Å². The quantitative estimate of drug-likeness (QED) is 0.272. The summed E-state index contributed by atoms with van der Waals surface area (Å²) in [5.41, 5.74) is 0.956. The molecule has 0 saturated carbocycles. The SMILES string of the molecule is CCCCCn1c(SCC(=O)Nc2sccc2C#N)nc2ccc(Br)cc2c1=O. The number of amides is 1. The fourth-order valence-corrected chi connectivity index (χ4v) is 4.73. The van der Waals surface area contributed by atoms with Crippen molar-refractivity contribution in [2.75, 3.05) is 11.1 Å². The van der Waals surface area contributed by atoms with Crippen LogP contribution < -0.4 is 10.9 Å². The molecule has 150 valence electrons. The van der Waals surface area contributed by atoms with Crippen molar-refractivity contribution in [1.82, 2.24) is 9.55 Å². The van der Waals surface area contributed by atoms with Gasteiger partial charge in [0.2, 0.25) is 5.91 Å². The Labute approximate surface area is 185 Å². The average molecular weight is 491 g/mol. The molecule has 0 fully saturated rings. The fourth-order valence-electron chi connectivity index (χ4n) is 2.79. The summed E-state index contributed by atoms with van der Waals surface area (Å²) in [7, 11) is 0. The van der Waals surface area contributed by atoms with Crippen molar-refractivity contribution in [2.45, 2.75) is 37.9 Å². The summed E-state index contributed by atoms with van der Waals surface area (Å²) in [6.45, 7) is 2.67. The van der Waals surface area contributed by atoms with E-state index in [0.717, 1.165) is 23.7 Å². The van der Waals surface area contributed by atoms with Crippen molar-refractivity contribution < 1.29 is 4.79 Å². The van der Waals surface area contributed by atoms with Crippen LogP contribution in [0.1, 0.15) is 31.7 Å². The van der Waals surface area contributed by atoms with E-state index >= 15 is 0 Å². The van der Waals surface area contributed by atoms with Gasteiger partial charge in [-0.2, -0.15) is 5.26 Å². The van der Waals surface area contributed by atoms with Crippen molar-refractivity contribution in [3.63, 3.8) is 0 Å². The Balaban J connectivity index is 1.83. The number of unbranched alkanes of at least 4 members (excludes halogenated alkanes) is 2. The Hall–Kier alpha value is -2.15. The second-order valence-electron chi connectivity index (χ2n) is 6.33. The van der Waals surface area contributed by atoms with Gasteiger partial charge in [0.25, 0.3) is 5.56 Å². The standard InChI is InChI=1S/C20H19BrN4O2S2/c1-2-3-4-8-25-19(27)15-10-14(21)5-6-16(15)23-20(25)29-12-17(26)24-18-13(11-22)7-9-28-18/h5-7,9-10H,2-4,8,12H2,1H3,(H,24,26). The van der Waals surface area contributed by atoms with E-state index in [2.05, 4.69) is 39.2 Å². The molecule has 3 aromatic rings. The molecule has 0 bridgehead atoms. The van der Waals surface area contributed by atoms with Crippen LogP contribution in [-0.4, -0.2) is 21.2 Å². The van der Waals surface area contributed by atoms with Gasteiger partial charge in [-0.05, 0) is 36.1 Å². The predicted octanol–water partition coefficient (Wildman–Crippen LogP) is 5.01. The Morgan fingerprint density at radius 1 is 1.38 bits per heavy atom. The first kappa shape index (κ1) is 21.6. The number of halogens is 1. The molecular weight excluding hydrogens is 472 g/mol. The highest BCUT2D eigenvalue weighted by atomic mass is 79.9. The van der Waals surface area contributed by atoms with Crippen LogP contribution in [0.15, 0.2) is 44.1 Å². The second-order valence-corrected chi connectivity index (χ2v) is 9.11. The lowest BCUT2D eigenvalue weighted by atomic mass is 10.2. The number of benzene rings is 1. The number of fused-ring (bicyclic) bond motifs is 1. The number of aromatic nitrogens is 2. The summed E-state index contributed by atoms with van der Waals surface area (Å²) in [4.78, 5) is 30.0. The van der Waals surface area contributed by atoms with Crippen molar-refractivity contribution in [3.8, 4) is 6.07 Å². The average Bonchev–Trinajstić information content (AvgIpc) is 3.16. The van der Waals surface area contributed by atoms with E-state index in [-0.39, 0.29) is 17.2 Å². The number of rotatable bonds is 8. The minimum atomic E-state index is -0.237. The molecule has 1 amide bonds. The molecule has 29 heavy (non-hydrogen) atoms. The van der Waals surface area contributed by atoms with Crippen LogP contribution in [0.2, 0.25) is 0 Å². The van der Waals surface area contributed by atoms with E-state index in [1.807, 2.05) is 6.07 Å². The van der Waals surface area contributed by atoms with Crippen LogP contribution in [0.25, 0.3) is 10.9 Å². The molecular formula is C20H19BrN4O2S2. The van der Waals surface area contributed by atoms with Crippen molar-refractivity contribution >= 4 is 60.8 Å². The molecule has 0 aliphatic rings. The normalized spacial score (nSPS) is 10.8. The first-order valence-electron chi connectivity index (χ1n) is 9.13. The molecule has 2 heterocycles. The maximum absolute atomic E-state index is 13.0. The number of carbonyl (C=O) groups excluding carboxylic acids is 1. The number of nitrogens with zero attached hydrogens (tertiary/aromatic N) is 3. The molecule has 9 heteroatoms. The Bertz CT molecular complexity index is 1130. The zero-order valence-corrected chi connectivity index (χ0v) is 19.0. The van der Waals surface area contributed by atoms with Gasteiger partial charge in [-0.15, -0.1) is 11.3 Å². The number of carbonyl (C=O) groups is 1. The van der Waals surface area contributed by atoms with E-state index in [1.165, 1.54) is 23.1 Å². The topological polar surface area (TPSA) is 87.8 Å². The van der Waals surface area contributed by atoms with Crippen molar-refractivity contribution in [1.29, 1.82) is 5.26 Å². The molecule has 0 atom stereocenters. The second kappa shape index (κ2) is 10.1. The molecule has 2 aromatic heterocycles. The third-order valence-corrected chi connectivity index (χ3v) is 6.54. The number of hydrogen-bond acceptors (Lipinski definition) is 6. The Kier molecular flexibility index (Phi) is 7.47. The van der Waals surface area contributed by atoms with Crippen molar-refractivity contribution in [2.24, 2.45) is 0 Å². The largest absolute Gasteiger partial charge is 0.316 e. The first-order chi connectivity index (χ1) is 14.0. The summed E-state index contributed by atoms with van der Waals surface area (Å²) < 4.78 is 2.49. The first-order valence-corrected chi connectivity index (χ1v) is 11.8. The number of nitriles is 1. The highest BCUT2D eigenvalue weighted by molar-refractivity contribution is 9.10. The van der Waals surface area contributed by atoms with Gasteiger partial charge in [0.1, 0.15) is 11.1 Å². The lowest BCUT2D eigenvalue weighted by molar-refractivity contribution is -0.113. The van der Waals surface area contributed by atoms with E-state index < -0.39 is 0 Å². The maximum atomic E-state index is 13.0. The minimum Gasteiger partial charge on any atom is -0.316 e. The zero-order valence-electron chi connectivity index (χ0n) is 15.8. The highest BCUT2D eigenvalue weighted by Crippen LogP contribution is 2.24. The van der Waals surface area contributed by atoms with Crippen LogP contribution in [0, 0.1) is 11.3 Å². The maximum Gasteiger partial charge on any atom is 0.262 e. The molecule has 0 saturated heterocycles. The monoisotopic (exact) mass is 490 g/mol. The lowest BCUT2D eigenvalue weighted by Gasteiger charge is -2.13. The number of nitrogens with one attached hydrogen (secondary N) is 1. The Morgan fingerprint density at radius 3 is 2.97 bits per heavy atom. The van der Waals surface area contributed by atoms with Gasteiger partial charge in [-0.3, -0.25) is 14.2 Å². The summed E-state index contributed by atoms with van der Waals surface area (Å²) in [5.74, 6) is -0.135. The minimum absolute atomic E-state index is 0.0969. The van der Waals surface area contributed by atoms with Gasteiger partial charge in [0.15, 0.2) is 5.16 Å². The molecule has 1 N–H and O–H groups in total. The highest BCUT2D eigenvalue weighted by Gasteiger charge is 2.15. The van der Waals surface area contributed by atoms with E-state index in [0.29, 0.717) is 33.2 Å². The van der Waals surface area contributed by atoms with Crippen LogP contribution in [0.4, 0.5) is 5.00 Å². The van der Waals surface area contributed by atoms with Gasteiger partial charge in [-0.1, -0.05) is 47.5 Å². The molecule has 0 radical (unpaired) electrons. The summed E-state index contributed by atoms with van der Waals surface area (Å²) in [6, 6.07) is 9.14. The van der Waals surface area contributed by atoms with Crippen LogP contribution in [0.5, 0.6) is 0 Å².